The second kappa shape index (κ2) is 4.70. The highest BCUT2D eigenvalue weighted by molar-refractivity contribution is 5.30. The molecular weight excluding hydrogens is 162 g/mol. The van der Waals surface area contributed by atoms with Crippen molar-refractivity contribution in [2.24, 2.45) is 0 Å². The third-order valence-corrected chi connectivity index (χ3v) is 1.13. The molecule has 0 bridgehead atoms. The van der Waals surface area contributed by atoms with Crippen molar-refractivity contribution >= 4 is 0 Å². The first-order chi connectivity index (χ1) is 5.50. The van der Waals surface area contributed by atoms with Crippen molar-refractivity contribution in [2.45, 2.75) is 13.8 Å². The van der Waals surface area contributed by atoms with Crippen LogP contribution >= 0.6 is 0 Å². The summed E-state index contributed by atoms with van der Waals surface area (Å²) >= 11 is 0. The van der Waals surface area contributed by atoms with Crippen molar-refractivity contribution in [2.75, 3.05) is 6.61 Å². The summed E-state index contributed by atoms with van der Waals surface area (Å²) in [7, 11) is 0. The van der Waals surface area contributed by atoms with Crippen LogP contribution < -0.4 is 0 Å². The molecule has 0 amide bonds. The molecule has 0 spiro atoms. The lowest BCUT2D eigenvalue weighted by atomic mass is 10.2. The number of ether oxygens (including phenoxy) is 1. The lowest BCUT2D eigenvalue weighted by molar-refractivity contribution is 0.224. The quantitative estimate of drug-likeness (QED) is 0.469. The minimum Gasteiger partial charge on any atom is -0.491 e. The van der Waals surface area contributed by atoms with Crippen LogP contribution in [-0.4, -0.2) is 6.61 Å². The Bertz CT molecular complexity index is 229. The zero-order valence-corrected chi connectivity index (χ0v) is 7.29. The summed E-state index contributed by atoms with van der Waals surface area (Å²) in [5.74, 6) is -2.38. The van der Waals surface area contributed by atoms with E-state index in [1.807, 2.05) is 0 Å². The highest BCUT2D eigenvalue weighted by atomic mass is 19.2. The molecule has 1 nitrogen and oxygen atoms in total. The number of hydrogen-bond acceptors (Lipinski definition) is 1. The van der Waals surface area contributed by atoms with E-state index in [2.05, 4.69) is 17.9 Å². The molecule has 0 aliphatic carbocycles. The van der Waals surface area contributed by atoms with Crippen LogP contribution in [0.1, 0.15) is 13.8 Å². The molecule has 0 heterocycles. The zero-order chi connectivity index (χ0) is 9.72. The Labute approximate surface area is 71.0 Å². The smallest absolute Gasteiger partial charge is 0.200 e. The van der Waals surface area contributed by atoms with Crippen LogP contribution in [-0.2, 0) is 4.74 Å². The van der Waals surface area contributed by atoms with Crippen LogP contribution in [0.4, 0.5) is 8.78 Å². The first kappa shape index (κ1) is 10.9. The molecule has 0 saturated carbocycles. The van der Waals surface area contributed by atoms with E-state index >= 15 is 0 Å². The molecule has 12 heavy (non-hydrogen) atoms. The van der Waals surface area contributed by atoms with E-state index in [-0.39, 0.29) is 17.9 Å². The van der Waals surface area contributed by atoms with Gasteiger partial charge in [0.2, 0.25) is 0 Å². The summed E-state index contributed by atoms with van der Waals surface area (Å²) < 4.78 is 30.3. The van der Waals surface area contributed by atoms with Crippen molar-refractivity contribution in [3.05, 3.63) is 36.1 Å². The van der Waals surface area contributed by atoms with Gasteiger partial charge < -0.3 is 4.74 Å². The number of rotatable bonds is 4. The average Bonchev–Trinajstić information content (AvgIpc) is 2.02. The van der Waals surface area contributed by atoms with Crippen LogP contribution in [0.3, 0.4) is 0 Å². The van der Waals surface area contributed by atoms with Crippen molar-refractivity contribution in [3.8, 4) is 0 Å². The third kappa shape index (κ3) is 2.86. The van der Waals surface area contributed by atoms with E-state index in [0.717, 1.165) is 0 Å². The normalized spacial score (nSPS) is 12.0. The topological polar surface area (TPSA) is 9.23 Å². The van der Waals surface area contributed by atoms with Gasteiger partial charge in [-0.2, -0.15) is 4.39 Å². The van der Waals surface area contributed by atoms with Gasteiger partial charge in [-0.25, -0.2) is 4.39 Å². The molecule has 0 aliphatic heterocycles. The van der Waals surface area contributed by atoms with Gasteiger partial charge in [-0.05, 0) is 19.4 Å². The largest absolute Gasteiger partial charge is 0.491 e. The lowest BCUT2D eigenvalue weighted by Crippen LogP contribution is -1.93. The molecule has 0 unspecified atom stereocenters. The molecule has 0 atom stereocenters. The molecule has 0 aromatic heterocycles. The summed E-state index contributed by atoms with van der Waals surface area (Å²) in [5.41, 5.74) is 0.0216. The summed E-state index contributed by atoms with van der Waals surface area (Å²) in [6.45, 7) is 9.75. The first-order valence-corrected chi connectivity index (χ1v) is 3.53. The van der Waals surface area contributed by atoms with Crippen LogP contribution in [0.2, 0.25) is 0 Å². The first-order valence-electron chi connectivity index (χ1n) is 3.53. The molecule has 0 N–H and O–H groups in total. The van der Waals surface area contributed by atoms with Crippen molar-refractivity contribution in [1.29, 1.82) is 0 Å². The molecule has 0 fully saturated rings. The molecule has 0 aromatic carbocycles. The number of hydrogen-bond donors (Lipinski definition) is 0. The van der Waals surface area contributed by atoms with Gasteiger partial charge in [-0.15, -0.1) is 0 Å². The van der Waals surface area contributed by atoms with E-state index in [4.69, 9.17) is 0 Å². The van der Waals surface area contributed by atoms with Crippen LogP contribution in [0, 0.1) is 0 Å². The van der Waals surface area contributed by atoms with E-state index in [1.165, 1.54) is 6.92 Å². The van der Waals surface area contributed by atoms with E-state index in [0.29, 0.717) is 0 Å². The standard InChI is InChI=1S/C9H12F2O/c1-5-12-7(4)9(11)8(10)6(2)3/h2,4-5H2,1,3H3/b9-8-. The molecule has 0 aromatic rings. The van der Waals surface area contributed by atoms with Gasteiger partial charge in [0.25, 0.3) is 0 Å². The Morgan fingerprint density at radius 1 is 1.25 bits per heavy atom. The average molecular weight is 174 g/mol. The zero-order valence-electron chi connectivity index (χ0n) is 7.29. The molecule has 0 aliphatic rings. The van der Waals surface area contributed by atoms with Gasteiger partial charge in [-0.3, -0.25) is 0 Å². The molecule has 3 heteroatoms. The SMILES string of the molecule is C=C(C)/C(F)=C(/F)C(=C)OCC. The fourth-order valence-corrected chi connectivity index (χ4v) is 0.547. The monoisotopic (exact) mass is 174 g/mol. The Balaban J connectivity index is 4.55. The molecule has 0 saturated heterocycles. The number of halogens is 2. The van der Waals surface area contributed by atoms with Crippen LogP contribution in [0.5, 0.6) is 0 Å². The van der Waals surface area contributed by atoms with Gasteiger partial charge in [-0.1, -0.05) is 13.2 Å². The van der Waals surface area contributed by atoms with Gasteiger partial charge in [0.15, 0.2) is 17.4 Å². The highest BCUT2D eigenvalue weighted by Gasteiger charge is 2.10. The van der Waals surface area contributed by atoms with E-state index in [9.17, 15) is 8.78 Å². The van der Waals surface area contributed by atoms with E-state index in [1.54, 1.807) is 6.92 Å². The van der Waals surface area contributed by atoms with Crippen molar-refractivity contribution < 1.29 is 13.5 Å². The minimum atomic E-state index is -1.08. The second-order valence-electron chi connectivity index (χ2n) is 2.26. The minimum absolute atomic E-state index is 0.0216. The Morgan fingerprint density at radius 2 is 1.75 bits per heavy atom. The van der Waals surface area contributed by atoms with E-state index < -0.39 is 11.7 Å². The second-order valence-corrected chi connectivity index (χ2v) is 2.26. The summed E-state index contributed by atoms with van der Waals surface area (Å²) in [5, 5.41) is 0. The fourth-order valence-electron chi connectivity index (χ4n) is 0.547. The van der Waals surface area contributed by atoms with Gasteiger partial charge >= 0.3 is 0 Å². The van der Waals surface area contributed by atoms with Gasteiger partial charge in [0, 0.05) is 0 Å². The molecule has 68 valence electrons. The maximum atomic E-state index is 12.8. The summed E-state index contributed by atoms with van der Waals surface area (Å²) in [6, 6.07) is 0. The maximum absolute atomic E-state index is 12.8. The molecule has 0 rings (SSSR count). The highest BCUT2D eigenvalue weighted by Crippen LogP contribution is 2.21. The third-order valence-electron chi connectivity index (χ3n) is 1.13. The molecule has 0 radical (unpaired) electrons. The molecular formula is C9H12F2O. The van der Waals surface area contributed by atoms with Crippen LogP contribution in [0.15, 0.2) is 36.1 Å². The Morgan fingerprint density at radius 3 is 2.08 bits per heavy atom. The Kier molecular flexibility index (Phi) is 4.26. The Hall–Kier alpha value is -1.12. The van der Waals surface area contributed by atoms with Gasteiger partial charge in [0.1, 0.15) is 0 Å². The van der Waals surface area contributed by atoms with Gasteiger partial charge in [0.05, 0.1) is 6.61 Å². The van der Waals surface area contributed by atoms with Crippen molar-refractivity contribution in [3.63, 3.8) is 0 Å². The fraction of sp³-hybridized carbons (Fsp3) is 0.333. The predicted octanol–water partition coefficient (Wildman–Crippen LogP) is 3.26. The maximum Gasteiger partial charge on any atom is 0.200 e. The van der Waals surface area contributed by atoms with Crippen LogP contribution in [0.25, 0.3) is 0 Å². The predicted molar refractivity (Wildman–Crippen MR) is 44.8 cm³/mol. The summed E-state index contributed by atoms with van der Waals surface area (Å²) in [4.78, 5) is 0. The van der Waals surface area contributed by atoms with Crippen molar-refractivity contribution in [1.82, 2.24) is 0 Å². The number of allylic oxidation sites excluding steroid dienone is 3. The summed E-state index contributed by atoms with van der Waals surface area (Å²) in [6.07, 6.45) is 0. The lowest BCUT2D eigenvalue weighted by Gasteiger charge is -2.04.